The number of benzene rings is 2. The average Bonchev–Trinajstić information content (AvgIpc) is 3.06. The first kappa shape index (κ1) is 16.3. The summed E-state index contributed by atoms with van der Waals surface area (Å²) in [7, 11) is 1.41. The Kier molecular flexibility index (Phi) is 4.96. The van der Waals surface area contributed by atoms with Crippen LogP contribution in [0.1, 0.15) is 24.0 Å². The van der Waals surface area contributed by atoms with Gasteiger partial charge in [-0.1, -0.05) is 48.5 Å². The molecule has 1 aromatic heterocycles. The van der Waals surface area contributed by atoms with E-state index in [1.54, 1.807) is 0 Å². The summed E-state index contributed by atoms with van der Waals surface area (Å²) in [5.41, 5.74) is 3.56. The summed E-state index contributed by atoms with van der Waals surface area (Å²) < 4.78 is 4.80. The highest BCUT2D eigenvalue weighted by Crippen LogP contribution is 2.30. The lowest BCUT2D eigenvalue weighted by molar-refractivity contribution is -0.142. The van der Waals surface area contributed by atoms with Crippen molar-refractivity contribution in [1.82, 2.24) is 10.3 Å². The van der Waals surface area contributed by atoms with Gasteiger partial charge in [-0.2, -0.15) is 0 Å². The zero-order valence-corrected chi connectivity index (χ0v) is 14.0. The zero-order chi connectivity index (χ0) is 16.9. The minimum atomic E-state index is -0.341. The molecule has 2 N–H and O–H groups in total. The van der Waals surface area contributed by atoms with Crippen LogP contribution < -0.4 is 5.32 Å². The number of hydrogen-bond donors (Lipinski definition) is 2. The molecule has 4 heteroatoms. The molecule has 2 aromatic carbocycles. The van der Waals surface area contributed by atoms with Gasteiger partial charge in [0.25, 0.3) is 0 Å². The largest absolute Gasteiger partial charge is 0.468 e. The molecule has 2 atom stereocenters. The molecule has 0 aliphatic carbocycles. The molecule has 4 nitrogen and oxygen atoms in total. The monoisotopic (exact) mass is 322 g/mol. The zero-order valence-electron chi connectivity index (χ0n) is 14.0. The van der Waals surface area contributed by atoms with E-state index in [-0.39, 0.29) is 17.9 Å². The molecule has 0 fully saturated rings. The number of fused-ring (bicyclic) bond motifs is 1. The Morgan fingerprint density at radius 3 is 2.58 bits per heavy atom. The number of ether oxygens (including phenoxy) is 1. The minimum absolute atomic E-state index is 0.148. The van der Waals surface area contributed by atoms with E-state index >= 15 is 0 Å². The molecule has 0 spiro atoms. The number of aromatic amines is 1. The predicted octanol–water partition coefficient (Wildman–Crippen LogP) is 3.45. The van der Waals surface area contributed by atoms with Gasteiger partial charge >= 0.3 is 5.97 Å². The van der Waals surface area contributed by atoms with Crippen molar-refractivity contribution in [3.8, 4) is 0 Å². The SMILES string of the molecule is COC(=O)[C@@H](C)NC[C@H](c1ccccc1)c1c[nH]c2ccccc12. The van der Waals surface area contributed by atoms with Crippen LogP contribution in [0.4, 0.5) is 0 Å². The first-order valence-electron chi connectivity index (χ1n) is 8.13. The van der Waals surface area contributed by atoms with Gasteiger partial charge in [-0.15, -0.1) is 0 Å². The Balaban J connectivity index is 1.92. The van der Waals surface area contributed by atoms with E-state index in [0.717, 1.165) is 5.52 Å². The first-order valence-corrected chi connectivity index (χ1v) is 8.13. The molecule has 3 rings (SSSR count). The van der Waals surface area contributed by atoms with E-state index in [4.69, 9.17) is 4.74 Å². The van der Waals surface area contributed by atoms with Crippen LogP contribution in [0.2, 0.25) is 0 Å². The summed E-state index contributed by atoms with van der Waals surface area (Å²) >= 11 is 0. The van der Waals surface area contributed by atoms with E-state index in [2.05, 4.69) is 40.8 Å². The van der Waals surface area contributed by atoms with Crippen LogP contribution in [-0.2, 0) is 9.53 Å². The van der Waals surface area contributed by atoms with E-state index in [1.807, 2.05) is 37.3 Å². The van der Waals surface area contributed by atoms with Crippen LogP contribution >= 0.6 is 0 Å². The summed E-state index contributed by atoms with van der Waals surface area (Å²) in [6.07, 6.45) is 2.06. The molecule has 124 valence electrons. The lowest BCUT2D eigenvalue weighted by atomic mass is 9.90. The first-order chi connectivity index (χ1) is 11.7. The van der Waals surface area contributed by atoms with Crippen LogP contribution in [0.25, 0.3) is 10.9 Å². The molecule has 0 unspecified atom stereocenters. The second kappa shape index (κ2) is 7.32. The highest BCUT2D eigenvalue weighted by Gasteiger charge is 2.20. The van der Waals surface area contributed by atoms with Gasteiger partial charge in [0.05, 0.1) is 7.11 Å². The van der Waals surface area contributed by atoms with Crippen molar-refractivity contribution >= 4 is 16.9 Å². The van der Waals surface area contributed by atoms with E-state index in [9.17, 15) is 4.79 Å². The molecule has 0 aliphatic rings. The van der Waals surface area contributed by atoms with Gasteiger partial charge in [0.1, 0.15) is 6.04 Å². The third-order valence-electron chi connectivity index (χ3n) is 4.38. The molecular formula is C20H22N2O2. The highest BCUT2D eigenvalue weighted by molar-refractivity contribution is 5.84. The van der Waals surface area contributed by atoms with Gasteiger partial charge in [-0.3, -0.25) is 4.79 Å². The standard InChI is InChI=1S/C20H22N2O2/c1-14(20(23)24-2)21-12-17(15-8-4-3-5-9-15)18-13-22-19-11-7-6-10-16(18)19/h3-11,13-14,17,21-22H,12H2,1-2H3/t14-,17-/m1/s1. The number of rotatable bonds is 6. The number of carbonyl (C=O) groups excluding carboxylic acids is 1. The molecular weight excluding hydrogens is 300 g/mol. The number of carbonyl (C=O) groups is 1. The lowest BCUT2D eigenvalue weighted by Gasteiger charge is -2.20. The van der Waals surface area contributed by atoms with E-state index in [1.165, 1.54) is 23.6 Å². The number of hydrogen-bond acceptors (Lipinski definition) is 3. The number of H-pyrrole nitrogens is 1. The van der Waals surface area contributed by atoms with Gasteiger partial charge in [0, 0.05) is 29.6 Å². The third-order valence-corrected chi connectivity index (χ3v) is 4.38. The van der Waals surface area contributed by atoms with Crippen LogP contribution in [0.3, 0.4) is 0 Å². The van der Waals surface area contributed by atoms with Gasteiger partial charge in [-0.25, -0.2) is 0 Å². The Bertz CT molecular complexity index is 811. The summed E-state index contributed by atoms with van der Waals surface area (Å²) in [5.74, 6) is -0.102. The Morgan fingerprint density at radius 1 is 1.12 bits per heavy atom. The smallest absolute Gasteiger partial charge is 0.322 e. The summed E-state index contributed by atoms with van der Waals surface area (Å²) in [6, 6.07) is 18.3. The predicted molar refractivity (Wildman–Crippen MR) is 96.1 cm³/mol. The van der Waals surface area contributed by atoms with Gasteiger partial charge in [-0.05, 0) is 24.1 Å². The topological polar surface area (TPSA) is 54.1 Å². The lowest BCUT2D eigenvalue weighted by Crippen LogP contribution is -2.37. The van der Waals surface area contributed by atoms with Gasteiger partial charge in [0.2, 0.25) is 0 Å². The molecule has 3 aromatic rings. The van der Waals surface area contributed by atoms with E-state index in [0.29, 0.717) is 6.54 Å². The summed E-state index contributed by atoms with van der Waals surface area (Å²) in [4.78, 5) is 15.0. The molecule has 0 bridgehead atoms. The molecule has 1 heterocycles. The van der Waals surface area contributed by atoms with E-state index < -0.39 is 0 Å². The van der Waals surface area contributed by atoms with Crippen molar-refractivity contribution < 1.29 is 9.53 Å². The maximum atomic E-state index is 11.7. The van der Waals surface area contributed by atoms with Crippen LogP contribution in [0, 0.1) is 0 Å². The number of aromatic nitrogens is 1. The van der Waals surface area contributed by atoms with Crippen molar-refractivity contribution in [2.45, 2.75) is 18.9 Å². The van der Waals surface area contributed by atoms with Crippen LogP contribution in [0.15, 0.2) is 60.8 Å². The minimum Gasteiger partial charge on any atom is -0.468 e. The Labute approximate surface area is 141 Å². The second-order valence-corrected chi connectivity index (χ2v) is 5.91. The van der Waals surface area contributed by atoms with Gasteiger partial charge in [0.15, 0.2) is 0 Å². The second-order valence-electron chi connectivity index (χ2n) is 5.91. The third kappa shape index (κ3) is 3.34. The number of esters is 1. The molecule has 0 aliphatic heterocycles. The number of nitrogens with one attached hydrogen (secondary N) is 2. The fourth-order valence-corrected chi connectivity index (χ4v) is 3.03. The fourth-order valence-electron chi connectivity index (χ4n) is 3.03. The van der Waals surface area contributed by atoms with Crippen molar-refractivity contribution in [3.63, 3.8) is 0 Å². The molecule has 0 radical (unpaired) electrons. The number of para-hydroxylation sites is 1. The molecule has 24 heavy (non-hydrogen) atoms. The molecule has 0 saturated carbocycles. The van der Waals surface area contributed by atoms with Crippen molar-refractivity contribution in [2.24, 2.45) is 0 Å². The van der Waals surface area contributed by atoms with Crippen molar-refractivity contribution in [2.75, 3.05) is 13.7 Å². The molecule has 0 saturated heterocycles. The maximum Gasteiger partial charge on any atom is 0.322 e. The Hall–Kier alpha value is -2.59. The maximum absolute atomic E-state index is 11.7. The van der Waals surface area contributed by atoms with Crippen molar-refractivity contribution in [1.29, 1.82) is 0 Å². The van der Waals surface area contributed by atoms with Crippen LogP contribution in [-0.4, -0.2) is 30.6 Å². The Morgan fingerprint density at radius 2 is 1.83 bits per heavy atom. The quantitative estimate of drug-likeness (QED) is 0.684. The van der Waals surface area contributed by atoms with Crippen LogP contribution in [0.5, 0.6) is 0 Å². The fraction of sp³-hybridized carbons (Fsp3) is 0.250. The summed E-state index contributed by atoms with van der Waals surface area (Å²) in [6.45, 7) is 2.48. The normalized spacial score (nSPS) is 13.6. The van der Waals surface area contributed by atoms with Crippen molar-refractivity contribution in [3.05, 3.63) is 71.9 Å². The summed E-state index contributed by atoms with van der Waals surface area (Å²) in [5, 5.41) is 4.50. The van der Waals surface area contributed by atoms with Gasteiger partial charge < -0.3 is 15.0 Å². The highest BCUT2D eigenvalue weighted by atomic mass is 16.5. The average molecular weight is 322 g/mol. The number of methoxy groups -OCH3 is 1. The molecule has 0 amide bonds.